The molecule has 0 saturated carbocycles. The SMILES string of the molecule is Cc1c(C(=O)Nc2ccc(S(=O)(=O)N3CCCCC3)cc2)cnn1-c1ccccc1. The molecule has 0 atom stereocenters. The van der Waals surface area contributed by atoms with Crippen LogP contribution in [0.5, 0.6) is 0 Å². The van der Waals surface area contributed by atoms with Crippen LogP contribution in [0.3, 0.4) is 0 Å². The Labute approximate surface area is 176 Å². The zero-order valence-corrected chi connectivity index (χ0v) is 17.6. The Morgan fingerprint density at radius 1 is 0.967 bits per heavy atom. The number of anilines is 1. The molecule has 1 aliphatic heterocycles. The number of nitrogens with zero attached hydrogens (tertiary/aromatic N) is 3. The van der Waals surface area contributed by atoms with Gasteiger partial charge >= 0.3 is 0 Å². The normalized spacial score (nSPS) is 15.1. The Morgan fingerprint density at radius 2 is 1.63 bits per heavy atom. The molecule has 1 fully saturated rings. The molecule has 0 bridgehead atoms. The molecule has 2 heterocycles. The van der Waals surface area contributed by atoms with Gasteiger partial charge in [0.25, 0.3) is 5.91 Å². The molecule has 1 saturated heterocycles. The molecule has 2 aromatic carbocycles. The molecule has 3 aromatic rings. The highest BCUT2D eigenvalue weighted by Crippen LogP contribution is 2.22. The molecule has 7 nitrogen and oxygen atoms in total. The van der Waals surface area contributed by atoms with Crippen LogP contribution in [0, 0.1) is 6.92 Å². The summed E-state index contributed by atoms with van der Waals surface area (Å²) in [6.45, 7) is 2.96. The fourth-order valence-electron chi connectivity index (χ4n) is 3.63. The number of amides is 1. The minimum absolute atomic E-state index is 0.246. The molecule has 1 N–H and O–H groups in total. The maximum Gasteiger partial charge on any atom is 0.259 e. The van der Waals surface area contributed by atoms with Crippen molar-refractivity contribution in [3.05, 3.63) is 72.1 Å². The third kappa shape index (κ3) is 4.01. The van der Waals surface area contributed by atoms with Crippen LogP contribution in [0.1, 0.15) is 35.3 Å². The van der Waals surface area contributed by atoms with Gasteiger partial charge in [0, 0.05) is 18.8 Å². The first-order chi connectivity index (χ1) is 14.5. The second-order valence-corrected chi connectivity index (χ2v) is 9.27. The predicted molar refractivity (Wildman–Crippen MR) is 115 cm³/mol. The number of benzene rings is 2. The van der Waals surface area contributed by atoms with Crippen LogP contribution in [0.15, 0.2) is 65.7 Å². The number of nitrogens with one attached hydrogen (secondary N) is 1. The van der Waals surface area contributed by atoms with Crippen LogP contribution in [-0.2, 0) is 10.0 Å². The molecular weight excluding hydrogens is 400 g/mol. The maximum absolute atomic E-state index is 12.8. The number of aromatic nitrogens is 2. The second kappa shape index (κ2) is 8.41. The molecule has 0 spiro atoms. The number of hydrogen-bond donors (Lipinski definition) is 1. The second-order valence-electron chi connectivity index (χ2n) is 7.33. The largest absolute Gasteiger partial charge is 0.322 e. The summed E-state index contributed by atoms with van der Waals surface area (Å²) < 4.78 is 28.7. The maximum atomic E-state index is 12.8. The topological polar surface area (TPSA) is 84.3 Å². The van der Waals surface area contributed by atoms with E-state index in [0.29, 0.717) is 24.3 Å². The molecule has 1 aromatic heterocycles. The van der Waals surface area contributed by atoms with Gasteiger partial charge in [0.05, 0.1) is 28.0 Å². The monoisotopic (exact) mass is 424 g/mol. The predicted octanol–water partition coefficient (Wildman–Crippen LogP) is 3.61. The van der Waals surface area contributed by atoms with E-state index >= 15 is 0 Å². The third-order valence-corrected chi connectivity index (χ3v) is 7.23. The average Bonchev–Trinajstić information content (AvgIpc) is 3.17. The number of carbonyl (C=O) groups excluding carboxylic acids is 1. The van der Waals surface area contributed by atoms with Gasteiger partial charge in [0.2, 0.25) is 10.0 Å². The number of hydrogen-bond acceptors (Lipinski definition) is 4. The molecule has 0 radical (unpaired) electrons. The standard InChI is InChI=1S/C22H24N4O3S/c1-17-21(16-23-26(17)19-8-4-2-5-9-19)22(27)24-18-10-12-20(13-11-18)30(28,29)25-14-6-3-7-15-25/h2,4-5,8-13,16H,3,6-7,14-15H2,1H3,(H,24,27). The quantitative estimate of drug-likeness (QED) is 0.678. The van der Waals surface area contributed by atoms with Crippen molar-refractivity contribution in [2.45, 2.75) is 31.1 Å². The lowest BCUT2D eigenvalue weighted by atomic mass is 10.2. The number of carbonyl (C=O) groups is 1. The first-order valence-corrected chi connectivity index (χ1v) is 11.4. The summed E-state index contributed by atoms with van der Waals surface area (Å²) in [7, 11) is -3.49. The van der Waals surface area contributed by atoms with Crippen molar-refractivity contribution in [2.75, 3.05) is 18.4 Å². The van der Waals surface area contributed by atoms with Gasteiger partial charge in [0.15, 0.2) is 0 Å². The van der Waals surface area contributed by atoms with Crippen LogP contribution in [-0.4, -0.2) is 41.5 Å². The van der Waals surface area contributed by atoms with E-state index in [4.69, 9.17) is 0 Å². The van der Waals surface area contributed by atoms with E-state index in [9.17, 15) is 13.2 Å². The number of piperidine rings is 1. The van der Waals surface area contributed by atoms with E-state index in [0.717, 1.165) is 30.6 Å². The van der Waals surface area contributed by atoms with Crippen LogP contribution < -0.4 is 5.32 Å². The van der Waals surface area contributed by atoms with Gasteiger partial charge in [-0.15, -0.1) is 0 Å². The fourth-order valence-corrected chi connectivity index (χ4v) is 5.14. The minimum atomic E-state index is -3.49. The van der Waals surface area contributed by atoms with Gasteiger partial charge in [-0.05, 0) is 56.2 Å². The van der Waals surface area contributed by atoms with E-state index in [1.165, 1.54) is 10.5 Å². The number of rotatable bonds is 5. The Bertz CT molecular complexity index is 1130. The zero-order valence-electron chi connectivity index (χ0n) is 16.8. The smallest absolute Gasteiger partial charge is 0.259 e. The van der Waals surface area contributed by atoms with E-state index in [2.05, 4.69) is 10.4 Å². The van der Waals surface area contributed by atoms with Gasteiger partial charge in [-0.1, -0.05) is 24.6 Å². The van der Waals surface area contributed by atoms with Crippen molar-refractivity contribution < 1.29 is 13.2 Å². The van der Waals surface area contributed by atoms with Crippen molar-refractivity contribution in [2.24, 2.45) is 0 Å². The molecule has 156 valence electrons. The summed E-state index contributed by atoms with van der Waals surface area (Å²) in [4.78, 5) is 13.0. The first kappa shape index (κ1) is 20.3. The zero-order chi connectivity index (χ0) is 21.1. The highest BCUT2D eigenvalue weighted by molar-refractivity contribution is 7.89. The third-order valence-electron chi connectivity index (χ3n) is 5.32. The lowest BCUT2D eigenvalue weighted by molar-refractivity contribution is 0.102. The van der Waals surface area contributed by atoms with E-state index in [1.54, 1.807) is 28.9 Å². The highest BCUT2D eigenvalue weighted by atomic mass is 32.2. The van der Waals surface area contributed by atoms with Crippen LogP contribution in [0.2, 0.25) is 0 Å². The molecule has 0 aliphatic carbocycles. The number of sulfonamides is 1. The average molecular weight is 425 g/mol. The van der Waals surface area contributed by atoms with Crippen LogP contribution >= 0.6 is 0 Å². The Hall–Kier alpha value is -2.97. The molecule has 8 heteroatoms. The lowest BCUT2D eigenvalue weighted by Crippen LogP contribution is -2.35. The first-order valence-electron chi connectivity index (χ1n) is 9.98. The summed E-state index contributed by atoms with van der Waals surface area (Å²) in [5, 5.41) is 7.14. The molecule has 4 rings (SSSR count). The summed E-state index contributed by atoms with van der Waals surface area (Å²) in [5.41, 5.74) is 2.60. The van der Waals surface area contributed by atoms with Gasteiger partial charge in [-0.3, -0.25) is 4.79 Å². The Balaban J connectivity index is 1.49. The van der Waals surface area contributed by atoms with E-state index in [-0.39, 0.29) is 10.8 Å². The van der Waals surface area contributed by atoms with E-state index < -0.39 is 10.0 Å². The van der Waals surface area contributed by atoms with Crippen LogP contribution in [0.4, 0.5) is 5.69 Å². The van der Waals surface area contributed by atoms with Crippen molar-refractivity contribution in [3.63, 3.8) is 0 Å². The van der Waals surface area contributed by atoms with Gasteiger partial charge < -0.3 is 5.32 Å². The highest BCUT2D eigenvalue weighted by Gasteiger charge is 2.25. The summed E-state index contributed by atoms with van der Waals surface area (Å²) in [6.07, 6.45) is 4.39. The van der Waals surface area contributed by atoms with Crippen molar-refractivity contribution in [3.8, 4) is 5.69 Å². The summed E-state index contributed by atoms with van der Waals surface area (Å²) in [5.74, 6) is -0.290. The van der Waals surface area contributed by atoms with Crippen molar-refractivity contribution in [1.82, 2.24) is 14.1 Å². The van der Waals surface area contributed by atoms with Gasteiger partial charge in [0.1, 0.15) is 0 Å². The van der Waals surface area contributed by atoms with Crippen LogP contribution in [0.25, 0.3) is 5.69 Å². The number of para-hydroxylation sites is 1. The molecule has 0 unspecified atom stereocenters. The van der Waals surface area contributed by atoms with E-state index in [1.807, 2.05) is 37.3 Å². The van der Waals surface area contributed by atoms with Gasteiger partial charge in [-0.25, -0.2) is 13.1 Å². The van der Waals surface area contributed by atoms with Crippen molar-refractivity contribution in [1.29, 1.82) is 0 Å². The Morgan fingerprint density at radius 3 is 2.30 bits per heavy atom. The van der Waals surface area contributed by atoms with Crippen molar-refractivity contribution >= 4 is 21.6 Å². The summed E-state index contributed by atoms with van der Waals surface area (Å²) in [6, 6.07) is 15.9. The molecule has 1 amide bonds. The molecule has 30 heavy (non-hydrogen) atoms. The molecular formula is C22H24N4O3S. The molecule has 1 aliphatic rings. The summed E-state index contributed by atoms with van der Waals surface area (Å²) >= 11 is 0. The Kier molecular flexibility index (Phi) is 5.69. The minimum Gasteiger partial charge on any atom is -0.322 e. The lowest BCUT2D eigenvalue weighted by Gasteiger charge is -2.25. The van der Waals surface area contributed by atoms with Gasteiger partial charge in [-0.2, -0.15) is 9.40 Å². The fraction of sp³-hybridized carbons (Fsp3) is 0.273.